The SMILES string of the molecule is CON(C)S(=O)(=O)c1ccc(NC(=O)c2cnc(C(C)(C)C)s2)cc1. The van der Waals surface area contributed by atoms with Gasteiger partial charge in [0.2, 0.25) is 0 Å². The molecule has 0 atom stereocenters. The van der Waals surface area contributed by atoms with Crippen LogP contribution in [-0.2, 0) is 20.3 Å². The molecule has 7 nitrogen and oxygen atoms in total. The van der Waals surface area contributed by atoms with E-state index in [4.69, 9.17) is 4.84 Å². The molecule has 136 valence electrons. The second kappa shape index (κ2) is 7.20. The number of hydrogen-bond acceptors (Lipinski definition) is 6. The summed E-state index contributed by atoms with van der Waals surface area (Å²) in [5, 5.41) is 3.61. The van der Waals surface area contributed by atoms with Crippen LogP contribution in [0.2, 0.25) is 0 Å². The number of aromatic nitrogens is 1. The Balaban J connectivity index is 2.14. The maximum atomic E-state index is 12.3. The number of thiazole rings is 1. The monoisotopic (exact) mass is 383 g/mol. The van der Waals surface area contributed by atoms with Crippen LogP contribution in [0.15, 0.2) is 35.4 Å². The predicted octanol–water partition coefficient (Wildman–Crippen LogP) is 2.87. The molecule has 0 aliphatic carbocycles. The summed E-state index contributed by atoms with van der Waals surface area (Å²) in [6, 6.07) is 5.88. The molecule has 1 aromatic heterocycles. The molecule has 1 heterocycles. The molecule has 2 aromatic rings. The number of anilines is 1. The van der Waals surface area contributed by atoms with Crippen LogP contribution < -0.4 is 5.32 Å². The smallest absolute Gasteiger partial charge is 0.267 e. The predicted molar refractivity (Wildman–Crippen MR) is 97.2 cm³/mol. The van der Waals surface area contributed by atoms with Crippen molar-refractivity contribution in [2.24, 2.45) is 0 Å². The maximum Gasteiger partial charge on any atom is 0.267 e. The summed E-state index contributed by atoms with van der Waals surface area (Å²) in [4.78, 5) is 21.9. The zero-order valence-electron chi connectivity index (χ0n) is 14.7. The van der Waals surface area contributed by atoms with Crippen molar-refractivity contribution in [3.05, 3.63) is 40.3 Å². The van der Waals surface area contributed by atoms with Crippen LogP contribution in [0.25, 0.3) is 0 Å². The van der Waals surface area contributed by atoms with Crippen molar-refractivity contribution in [1.29, 1.82) is 0 Å². The average Bonchev–Trinajstić information content (AvgIpc) is 3.05. The van der Waals surface area contributed by atoms with Crippen molar-refractivity contribution in [1.82, 2.24) is 9.45 Å². The lowest BCUT2D eigenvalue weighted by molar-refractivity contribution is -0.0258. The van der Waals surface area contributed by atoms with Crippen molar-refractivity contribution < 1.29 is 18.0 Å². The Bertz CT molecular complexity index is 852. The molecule has 0 saturated carbocycles. The third-order valence-electron chi connectivity index (χ3n) is 3.38. The Morgan fingerprint density at radius 2 is 1.84 bits per heavy atom. The highest BCUT2D eigenvalue weighted by molar-refractivity contribution is 7.89. The minimum absolute atomic E-state index is 0.0719. The average molecular weight is 383 g/mol. The molecule has 25 heavy (non-hydrogen) atoms. The number of nitrogens with one attached hydrogen (secondary N) is 1. The third kappa shape index (κ3) is 4.43. The van der Waals surface area contributed by atoms with Gasteiger partial charge in [-0.15, -0.1) is 11.3 Å². The van der Waals surface area contributed by atoms with E-state index in [1.54, 1.807) is 6.20 Å². The fourth-order valence-electron chi connectivity index (χ4n) is 1.88. The van der Waals surface area contributed by atoms with E-state index in [1.807, 2.05) is 20.8 Å². The molecule has 0 aliphatic rings. The van der Waals surface area contributed by atoms with Gasteiger partial charge in [-0.3, -0.25) is 9.63 Å². The summed E-state index contributed by atoms with van der Waals surface area (Å²) in [7, 11) is -1.13. The summed E-state index contributed by atoms with van der Waals surface area (Å²) in [6.07, 6.45) is 1.55. The molecule has 0 aliphatic heterocycles. The molecule has 9 heteroatoms. The van der Waals surface area contributed by atoms with Gasteiger partial charge in [-0.25, -0.2) is 13.4 Å². The molecule has 0 unspecified atom stereocenters. The van der Waals surface area contributed by atoms with E-state index in [0.29, 0.717) is 10.6 Å². The first-order chi connectivity index (χ1) is 11.6. The van der Waals surface area contributed by atoms with Crippen LogP contribution in [0.3, 0.4) is 0 Å². The summed E-state index contributed by atoms with van der Waals surface area (Å²) < 4.78 is 25.0. The molecule has 1 amide bonds. The summed E-state index contributed by atoms with van der Waals surface area (Å²) in [5.41, 5.74) is 0.377. The van der Waals surface area contributed by atoms with Crippen molar-refractivity contribution in [3.63, 3.8) is 0 Å². The Morgan fingerprint density at radius 1 is 1.24 bits per heavy atom. The third-order valence-corrected chi connectivity index (χ3v) is 6.49. The molecule has 0 fully saturated rings. The van der Waals surface area contributed by atoms with E-state index in [0.717, 1.165) is 9.48 Å². The van der Waals surface area contributed by atoms with E-state index < -0.39 is 10.0 Å². The van der Waals surface area contributed by atoms with Gasteiger partial charge in [0.25, 0.3) is 15.9 Å². The first kappa shape index (κ1) is 19.5. The van der Waals surface area contributed by atoms with E-state index >= 15 is 0 Å². The van der Waals surface area contributed by atoms with Gasteiger partial charge in [0.1, 0.15) is 4.88 Å². The van der Waals surface area contributed by atoms with Crippen molar-refractivity contribution >= 4 is 33.0 Å². The summed E-state index contributed by atoms with van der Waals surface area (Å²) in [5.74, 6) is -0.280. The number of rotatable bonds is 5. The summed E-state index contributed by atoms with van der Waals surface area (Å²) >= 11 is 1.34. The van der Waals surface area contributed by atoms with Gasteiger partial charge < -0.3 is 5.32 Å². The Labute approximate surface area is 151 Å². The molecular formula is C16H21N3O4S2. The molecular weight excluding hydrogens is 362 g/mol. The largest absolute Gasteiger partial charge is 0.321 e. The van der Waals surface area contributed by atoms with Gasteiger partial charge in [-0.05, 0) is 24.3 Å². The first-order valence-electron chi connectivity index (χ1n) is 7.46. The second-order valence-corrected chi connectivity index (χ2v) is 9.32. The molecule has 0 spiro atoms. The van der Waals surface area contributed by atoms with Crippen molar-refractivity contribution in [2.75, 3.05) is 19.5 Å². The van der Waals surface area contributed by atoms with Crippen LogP contribution in [0.1, 0.15) is 35.5 Å². The molecule has 0 radical (unpaired) electrons. The minimum atomic E-state index is -3.71. The van der Waals surface area contributed by atoms with Gasteiger partial charge in [0, 0.05) is 18.2 Å². The lowest BCUT2D eigenvalue weighted by Gasteiger charge is -2.14. The summed E-state index contributed by atoms with van der Waals surface area (Å²) in [6.45, 7) is 6.09. The highest BCUT2D eigenvalue weighted by atomic mass is 32.2. The second-order valence-electron chi connectivity index (χ2n) is 6.36. The van der Waals surface area contributed by atoms with Gasteiger partial charge in [-0.1, -0.05) is 25.2 Å². The number of amides is 1. The molecule has 1 N–H and O–H groups in total. The van der Waals surface area contributed by atoms with Crippen LogP contribution in [-0.4, -0.2) is 37.9 Å². The van der Waals surface area contributed by atoms with Gasteiger partial charge in [0.15, 0.2) is 0 Å². The number of hydrogen-bond donors (Lipinski definition) is 1. The first-order valence-corrected chi connectivity index (χ1v) is 9.72. The maximum absolute atomic E-state index is 12.3. The Morgan fingerprint density at radius 3 is 2.32 bits per heavy atom. The molecule has 0 bridgehead atoms. The quantitative estimate of drug-likeness (QED) is 0.802. The van der Waals surface area contributed by atoms with E-state index in [9.17, 15) is 13.2 Å². The van der Waals surface area contributed by atoms with Crippen molar-refractivity contribution in [2.45, 2.75) is 31.1 Å². The van der Waals surface area contributed by atoms with Gasteiger partial charge in [-0.2, -0.15) is 0 Å². The Kier molecular flexibility index (Phi) is 5.62. The Hall–Kier alpha value is -1.81. The fourth-order valence-corrected chi connectivity index (χ4v) is 3.72. The fraction of sp³-hybridized carbons (Fsp3) is 0.375. The van der Waals surface area contributed by atoms with E-state index in [-0.39, 0.29) is 16.2 Å². The van der Waals surface area contributed by atoms with Crippen LogP contribution in [0.4, 0.5) is 5.69 Å². The van der Waals surface area contributed by atoms with E-state index in [1.165, 1.54) is 49.8 Å². The minimum Gasteiger partial charge on any atom is -0.321 e. The lowest BCUT2D eigenvalue weighted by atomic mass is 9.98. The standard InChI is InChI=1S/C16H21N3O4S2/c1-16(2,3)15-17-10-13(24-15)14(20)18-11-6-8-12(9-7-11)25(21,22)19(4)23-5/h6-10H,1-5H3,(H,18,20). The molecule has 1 aromatic carbocycles. The normalized spacial score (nSPS) is 12.4. The van der Waals surface area contributed by atoms with Gasteiger partial charge in [0.05, 0.1) is 23.2 Å². The highest BCUT2D eigenvalue weighted by Crippen LogP contribution is 2.27. The van der Waals surface area contributed by atoms with Gasteiger partial charge >= 0.3 is 0 Å². The van der Waals surface area contributed by atoms with Crippen LogP contribution >= 0.6 is 11.3 Å². The lowest BCUT2D eigenvalue weighted by Crippen LogP contribution is -2.25. The zero-order chi connectivity index (χ0) is 18.8. The zero-order valence-corrected chi connectivity index (χ0v) is 16.4. The highest BCUT2D eigenvalue weighted by Gasteiger charge is 2.22. The van der Waals surface area contributed by atoms with Crippen molar-refractivity contribution in [3.8, 4) is 0 Å². The van der Waals surface area contributed by atoms with E-state index in [2.05, 4.69) is 10.3 Å². The van der Waals surface area contributed by atoms with Crippen LogP contribution in [0.5, 0.6) is 0 Å². The number of sulfonamides is 1. The van der Waals surface area contributed by atoms with Crippen LogP contribution in [0, 0.1) is 0 Å². The number of hydroxylamine groups is 1. The topological polar surface area (TPSA) is 88.6 Å². The number of nitrogens with zero attached hydrogens (tertiary/aromatic N) is 2. The molecule has 2 rings (SSSR count). The number of carbonyl (C=O) groups is 1. The molecule has 0 saturated heterocycles. The number of benzene rings is 1. The number of carbonyl (C=O) groups excluding carboxylic acids is 1.